The number of hydrogen-bond acceptors (Lipinski definition) is 3. The van der Waals surface area contributed by atoms with Crippen LogP contribution >= 0.6 is 7.60 Å². The Morgan fingerprint density at radius 2 is 1.69 bits per heavy atom. The van der Waals surface area contributed by atoms with Gasteiger partial charge in [0, 0.05) is 6.66 Å². The molecule has 0 saturated carbocycles. The molecule has 0 aliphatic carbocycles. The van der Waals surface area contributed by atoms with E-state index in [0.717, 1.165) is 6.66 Å². The summed E-state index contributed by atoms with van der Waals surface area (Å²) >= 11 is 0. The van der Waals surface area contributed by atoms with E-state index in [9.17, 15) is 4.57 Å². The normalized spacial score (nSPS) is 12.6. The van der Waals surface area contributed by atoms with Crippen LogP contribution in [-0.2, 0) is 4.57 Å². The zero-order valence-corrected chi connectivity index (χ0v) is 12.3. The summed E-state index contributed by atoms with van der Waals surface area (Å²) in [5.74, 6) is 0. The van der Waals surface area contributed by atoms with Gasteiger partial charge < -0.3 is 26.3 Å². The first-order chi connectivity index (χ1) is 5.18. The minimum Gasteiger partial charge on any atom is -0.413 e. The third kappa shape index (κ3) is 31.9. The second-order valence-corrected chi connectivity index (χ2v) is 6.15. The van der Waals surface area contributed by atoms with E-state index in [0.29, 0.717) is 6.42 Å². The molecule has 0 aliphatic heterocycles. The summed E-state index contributed by atoms with van der Waals surface area (Å²) in [7, 11) is -5.97. The van der Waals surface area contributed by atoms with Gasteiger partial charge in [0.2, 0.25) is 0 Å². The maximum atomic E-state index is 9.33. The van der Waals surface area contributed by atoms with Gasteiger partial charge in [0.25, 0.3) is 0 Å². The van der Waals surface area contributed by atoms with E-state index in [1.165, 1.54) is 0 Å². The zero-order chi connectivity index (χ0) is 10.4. The maximum absolute atomic E-state index is 9.33. The van der Waals surface area contributed by atoms with Crippen molar-refractivity contribution < 1.29 is 53.5 Å². The summed E-state index contributed by atoms with van der Waals surface area (Å²) in [5, 5.41) is 0. The van der Waals surface area contributed by atoms with Crippen LogP contribution in [0.4, 0.5) is 0 Å². The van der Waals surface area contributed by atoms with Crippen molar-refractivity contribution >= 4 is 16.9 Å². The molecule has 1 unspecified atom stereocenters. The van der Waals surface area contributed by atoms with Crippen LogP contribution in [0.15, 0.2) is 0 Å². The topological polar surface area (TPSA) is 98.0 Å². The van der Waals surface area contributed by atoms with Crippen LogP contribution in [0.2, 0.25) is 5.54 Å². The van der Waals surface area contributed by atoms with E-state index in [1.807, 2.05) is 0 Å². The largest absolute Gasteiger partial charge is 1.00 e. The van der Waals surface area contributed by atoms with Gasteiger partial charge in [-0.1, -0.05) is 6.92 Å². The van der Waals surface area contributed by atoms with Crippen molar-refractivity contribution in [2.75, 3.05) is 6.66 Å². The van der Waals surface area contributed by atoms with Gasteiger partial charge in [-0.05, 0) is 5.54 Å². The molecular formula is C5H16NaO5PSi. The third-order valence-electron chi connectivity index (χ3n) is 0.964. The molecule has 0 aromatic carbocycles. The van der Waals surface area contributed by atoms with Crippen molar-refractivity contribution in [1.82, 2.24) is 0 Å². The Kier molecular flexibility index (Phi) is 15.0. The molecule has 8 heteroatoms. The molecular weight excluding hydrogens is 222 g/mol. The van der Waals surface area contributed by atoms with Crippen molar-refractivity contribution in [2.24, 2.45) is 0 Å². The van der Waals surface area contributed by atoms with Crippen molar-refractivity contribution in [1.29, 1.82) is 0 Å². The zero-order valence-electron chi connectivity index (χ0n) is 8.21. The Bertz CT molecular complexity index is 142. The van der Waals surface area contributed by atoms with Crippen LogP contribution in [0.3, 0.4) is 0 Å². The molecule has 0 aromatic heterocycles. The van der Waals surface area contributed by atoms with Crippen molar-refractivity contribution in [2.45, 2.75) is 18.9 Å². The van der Waals surface area contributed by atoms with Crippen LogP contribution in [0.5, 0.6) is 0 Å². The fourth-order valence-electron chi connectivity index (χ4n) is 0.149. The molecule has 0 heterocycles. The van der Waals surface area contributed by atoms with E-state index in [2.05, 4.69) is 6.92 Å². The molecule has 13 heavy (non-hydrogen) atoms. The molecule has 1 atom stereocenters. The Labute approximate surface area is 102 Å². The molecule has 76 valence electrons. The molecule has 0 amide bonds. The average molecular weight is 238 g/mol. The first kappa shape index (κ1) is 19.8. The summed E-state index contributed by atoms with van der Waals surface area (Å²) in [6, 6.07) is 0. The van der Waals surface area contributed by atoms with E-state index in [4.69, 9.17) is 19.4 Å². The van der Waals surface area contributed by atoms with E-state index in [1.54, 1.807) is 6.92 Å². The first-order valence-electron chi connectivity index (χ1n) is 3.37. The predicted molar refractivity (Wildman–Crippen MR) is 49.0 cm³/mol. The second kappa shape index (κ2) is 9.83. The van der Waals surface area contributed by atoms with Gasteiger partial charge in [-0.15, -0.1) is 0 Å². The van der Waals surface area contributed by atoms with E-state index < -0.39 is 16.9 Å². The molecule has 0 bridgehead atoms. The summed E-state index contributed by atoms with van der Waals surface area (Å²) < 4.78 is 9.33. The van der Waals surface area contributed by atoms with Crippen molar-refractivity contribution in [3.05, 3.63) is 6.92 Å². The third-order valence-corrected chi connectivity index (χ3v) is 2.32. The number of hydrogen-bond donors (Lipinski definition) is 4. The van der Waals surface area contributed by atoms with Gasteiger partial charge in [-0.2, -0.15) is 6.42 Å². The Hall–Kier alpha value is 1.29. The van der Waals surface area contributed by atoms with Crippen LogP contribution in [-0.4, -0.2) is 35.3 Å². The summed E-state index contributed by atoms with van der Waals surface area (Å²) in [5.41, 5.74) is 0.0417. The molecule has 0 fully saturated rings. The van der Waals surface area contributed by atoms with Gasteiger partial charge in [0.05, 0.1) is 0 Å². The van der Waals surface area contributed by atoms with Crippen LogP contribution in [0.1, 0.15) is 13.3 Å². The predicted octanol–water partition coefficient (Wildman–Crippen LogP) is -3.40. The molecule has 0 saturated heterocycles. The fourth-order valence-corrected chi connectivity index (χ4v) is 0.447. The molecule has 0 radical (unpaired) electrons. The SMILES string of the molecule is CP(=O)(O)O.[CH2-]CC(C)[SiH](O)O.[Na+]. The Morgan fingerprint density at radius 1 is 1.46 bits per heavy atom. The quantitative estimate of drug-likeness (QED) is 0.228. The molecule has 5 nitrogen and oxygen atoms in total. The number of rotatable bonds is 2. The summed E-state index contributed by atoms with van der Waals surface area (Å²) in [4.78, 5) is 32.2. The molecule has 0 rings (SSSR count). The average Bonchev–Trinajstić information content (AvgIpc) is 1.82. The van der Waals surface area contributed by atoms with Gasteiger partial charge in [0.1, 0.15) is 0 Å². The van der Waals surface area contributed by atoms with Gasteiger partial charge in [0.15, 0.2) is 0 Å². The van der Waals surface area contributed by atoms with Gasteiger partial charge >= 0.3 is 46.4 Å². The molecule has 4 N–H and O–H groups in total. The fraction of sp³-hybridized carbons (Fsp3) is 0.800. The van der Waals surface area contributed by atoms with Gasteiger partial charge in [-0.25, -0.2) is 0 Å². The second-order valence-electron chi connectivity index (χ2n) is 2.51. The minimum absolute atomic E-state index is 0. The van der Waals surface area contributed by atoms with Crippen molar-refractivity contribution in [3.8, 4) is 0 Å². The van der Waals surface area contributed by atoms with Crippen molar-refractivity contribution in [3.63, 3.8) is 0 Å². The van der Waals surface area contributed by atoms with E-state index in [-0.39, 0.29) is 35.1 Å². The summed E-state index contributed by atoms with van der Waals surface area (Å²) in [6.45, 7) is 6.17. The first-order valence-corrected chi connectivity index (χ1v) is 7.12. The molecule has 0 aromatic rings. The maximum Gasteiger partial charge on any atom is 1.00 e. The summed E-state index contributed by atoms with van der Waals surface area (Å²) in [6.07, 6.45) is 0.629. The monoisotopic (exact) mass is 238 g/mol. The standard InChI is InChI=1S/C4H11O2Si.CH5O3P.Na/c1-3-4(2)7(5)6;1-5(2,3)4;/h4-7H,1,3H2,2H3;1H3,(H2,2,3,4);/q-1;;+1. The molecule has 0 spiro atoms. The van der Waals surface area contributed by atoms with E-state index >= 15 is 0 Å². The minimum atomic E-state index is -3.64. The van der Waals surface area contributed by atoms with Crippen LogP contribution in [0, 0.1) is 6.92 Å². The van der Waals surface area contributed by atoms with Crippen LogP contribution < -0.4 is 29.6 Å². The Balaban J connectivity index is -0.000000150. The van der Waals surface area contributed by atoms with Crippen LogP contribution in [0.25, 0.3) is 0 Å². The smallest absolute Gasteiger partial charge is 0.413 e. The Morgan fingerprint density at radius 3 is 1.69 bits per heavy atom. The van der Waals surface area contributed by atoms with Gasteiger partial charge in [-0.3, -0.25) is 4.57 Å². The molecule has 0 aliphatic rings.